The molecule has 7 heteroatoms. The highest BCUT2D eigenvalue weighted by atomic mass is 32.2. The van der Waals surface area contributed by atoms with E-state index in [-0.39, 0.29) is 11.7 Å². The molecular formula is C20H21N3O3S. The number of carbonyl (C=O) groups is 1. The van der Waals surface area contributed by atoms with Crippen LogP contribution in [0.2, 0.25) is 0 Å². The van der Waals surface area contributed by atoms with Gasteiger partial charge in [-0.25, -0.2) is 4.98 Å². The lowest BCUT2D eigenvalue weighted by molar-refractivity contribution is -0.113. The number of anilines is 1. The van der Waals surface area contributed by atoms with Gasteiger partial charge in [0, 0.05) is 11.8 Å². The number of ether oxygens (including phenoxy) is 2. The molecule has 0 saturated carbocycles. The molecule has 0 radical (unpaired) electrons. The molecular weight excluding hydrogens is 362 g/mol. The summed E-state index contributed by atoms with van der Waals surface area (Å²) in [6.07, 6.45) is 4.16. The number of rotatable bonds is 6. The first-order valence-corrected chi connectivity index (χ1v) is 9.70. The molecule has 0 aliphatic heterocycles. The third kappa shape index (κ3) is 4.52. The van der Waals surface area contributed by atoms with E-state index in [1.807, 2.05) is 6.07 Å². The molecule has 1 aromatic carbocycles. The summed E-state index contributed by atoms with van der Waals surface area (Å²) in [6.45, 7) is 0. The number of carbonyl (C=O) groups excluding carboxylic acids is 1. The molecule has 27 heavy (non-hydrogen) atoms. The lowest BCUT2D eigenvalue weighted by Crippen LogP contribution is -2.15. The van der Waals surface area contributed by atoms with E-state index < -0.39 is 0 Å². The molecule has 0 bridgehead atoms. The van der Waals surface area contributed by atoms with Crippen LogP contribution in [0.1, 0.15) is 29.7 Å². The van der Waals surface area contributed by atoms with E-state index >= 15 is 0 Å². The van der Waals surface area contributed by atoms with Crippen molar-refractivity contribution in [3.05, 3.63) is 41.1 Å². The van der Waals surface area contributed by atoms with Gasteiger partial charge in [0.2, 0.25) is 5.91 Å². The Balaban J connectivity index is 1.70. The van der Waals surface area contributed by atoms with Crippen molar-refractivity contribution in [1.82, 2.24) is 4.98 Å². The Labute approximate surface area is 162 Å². The highest BCUT2D eigenvalue weighted by Gasteiger charge is 2.17. The number of hydrogen-bond donors (Lipinski definition) is 1. The molecule has 0 unspecified atom stereocenters. The van der Waals surface area contributed by atoms with E-state index in [1.165, 1.54) is 11.8 Å². The van der Waals surface area contributed by atoms with E-state index in [0.717, 1.165) is 36.9 Å². The zero-order valence-corrected chi connectivity index (χ0v) is 16.2. The molecule has 6 nitrogen and oxygen atoms in total. The van der Waals surface area contributed by atoms with Crippen molar-refractivity contribution in [2.75, 3.05) is 25.3 Å². The molecule has 1 aromatic heterocycles. The molecule has 2 aromatic rings. The Morgan fingerprint density at radius 2 is 2.07 bits per heavy atom. The summed E-state index contributed by atoms with van der Waals surface area (Å²) in [5.41, 5.74) is 3.29. The van der Waals surface area contributed by atoms with Crippen molar-refractivity contribution >= 4 is 23.4 Å². The number of nitrogens with zero attached hydrogens (tertiary/aromatic N) is 2. The average Bonchev–Trinajstić information content (AvgIpc) is 2.71. The number of aryl methyl sites for hydroxylation is 2. The van der Waals surface area contributed by atoms with Gasteiger partial charge in [0.1, 0.15) is 22.6 Å². The predicted octanol–water partition coefficient (Wildman–Crippen LogP) is 3.58. The van der Waals surface area contributed by atoms with Gasteiger partial charge in [-0.2, -0.15) is 5.26 Å². The molecule has 0 saturated heterocycles. The summed E-state index contributed by atoms with van der Waals surface area (Å²) >= 11 is 1.28. The Kier molecular flexibility index (Phi) is 6.20. The largest absolute Gasteiger partial charge is 0.497 e. The number of pyridine rings is 1. The van der Waals surface area contributed by atoms with Gasteiger partial charge in [-0.15, -0.1) is 0 Å². The molecule has 3 rings (SSSR count). The van der Waals surface area contributed by atoms with E-state index in [4.69, 9.17) is 9.47 Å². The fourth-order valence-corrected chi connectivity index (χ4v) is 3.81. The Morgan fingerprint density at radius 3 is 2.81 bits per heavy atom. The van der Waals surface area contributed by atoms with Crippen LogP contribution in [0.15, 0.2) is 29.3 Å². The minimum Gasteiger partial charge on any atom is -0.497 e. The van der Waals surface area contributed by atoms with Gasteiger partial charge in [0.25, 0.3) is 0 Å². The molecule has 1 heterocycles. The average molecular weight is 383 g/mol. The first-order valence-electron chi connectivity index (χ1n) is 8.72. The van der Waals surface area contributed by atoms with Crippen LogP contribution in [0, 0.1) is 11.3 Å². The Morgan fingerprint density at radius 1 is 1.26 bits per heavy atom. The number of fused-ring (bicyclic) bond motifs is 1. The van der Waals surface area contributed by atoms with Gasteiger partial charge >= 0.3 is 0 Å². The van der Waals surface area contributed by atoms with Crippen LogP contribution >= 0.6 is 11.8 Å². The van der Waals surface area contributed by atoms with Gasteiger partial charge in [0.05, 0.1) is 31.2 Å². The summed E-state index contributed by atoms with van der Waals surface area (Å²) in [6, 6.07) is 9.33. The monoisotopic (exact) mass is 383 g/mol. The second-order valence-electron chi connectivity index (χ2n) is 6.17. The van der Waals surface area contributed by atoms with Gasteiger partial charge in [-0.3, -0.25) is 4.79 Å². The molecule has 1 N–H and O–H groups in total. The Bertz CT molecular complexity index is 893. The maximum Gasteiger partial charge on any atom is 0.234 e. The maximum atomic E-state index is 12.4. The molecule has 1 amide bonds. The fraction of sp³-hybridized carbons (Fsp3) is 0.350. The van der Waals surface area contributed by atoms with Crippen molar-refractivity contribution in [1.29, 1.82) is 5.26 Å². The van der Waals surface area contributed by atoms with Crippen LogP contribution < -0.4 is 14.8 Å². The quantitative estimate of drug-likeness (QED) is 0.768. The van der Waals surface area contributed by atoms with E-state index in [1.54, 1.807) is 32.4 Å². The first kappa shape index (κ1) is 19.1. The predicted molar refractivity (Wildman–Crippen MR) is 104 cm³/mol. The number of methoxy groups -OCH3 is 2. The standard InChI is InChI=1S/C20H21N3O3S/c1-25-15-7-8-18(26-2)17(10-15)22-19(24)12-27-20-14(11-21)9-13-5-3-4-6-16(13)23-20/h7-10H,3-6,12H2,1-2H3,(H,22,24). The summed E-state index contributed by atoms with van der Waals surface area (Å²) in [4.78, 5) is 17.0. The molecule has 0 spiro atoms. The molecule has 0 atom stereocenters. The normalized spacial score (nSPS) is 12.6. The van der Waals surface area contributed by atoms with Crippen LogP contribution in [0.5, 0.6) is 11.5 Å². The van der Waals surface area contributed by atoms with Gasteiger partial charge in [-0.05, 0) is 49.4 Å². The molecule has 1 aliphatic rings. The number of thioether (sulfide) groups is 1. The number of nitriles is 1. The number of aromatic nitrogens is 1. The van der Waals surface area contributed by atoms with Gasteiger partial charge in [0.15, 0.2) is 0 Å². The minimum atomic E-state index is -0.199. The van der Waals surface area contributed by atoms with Crippen molar-refractivity contribution in [2.45, 2.75) is 30.7 Å². The lowest BCUT2D eigenvalue weighted by Gasteiger charge is -2.16. The van der Waals surface area contributed by atoms with E-state index in [0.29, 0.717) is 27.8 Å². The summed E-state index contributed by atoms with van der Waals surface area (Å²) in [5.74, 6) is 1.14. The summed E-state index contributed by atoms with van der Waals surface area (Å²) in [5, 5.41) is 12.9. The zero-order chi connectivity index (χ0) is 19.2. The topological polar surface area (TPSA) is 84.2 Å². The van der Waals surface area contributed by atoms with Crippen LogP contribution in [-0.2, 0) is 17.6 Å². The van der Waals surface area contributed by atoms with Crippen LogP contribution in [0.3, 0.4) is 0 Å². The third-order valence-corrected chi connectivity index (χ3v) is 5.40. The van der Waals surface area contributed by atoms with Crippen molar-refractivity contribution in [3.63, 3.8) is 0 Å². The van der Waals surface area contributed by atoms with E-state index in [2.05, 4.69) is 16.4 Å². The van der Waals surface area contributed by atoms with Crippen molar-refractivity contribution < 1.29 is 14.3 Å². The van der Waals surface area contributed by atoms with Crippen molar-refractivity contribution in [2.24, 2.45) is 0 Å². The van der Waals surface area contributed by atoms with Crippen LogP contribution in [0.4, 0.5) is 5.69 Å². The first-order chi connectivity index (χ1) is 13.1. The Hall–Kier alpha value is -2.72. The lowest BCUT2D eigenvalue weighted by atomic mass is 9.95. The van der Waals surface area contributed by atoms with Crippen LogP contribution in [0.25, 0.3) is 0 Å². The molecule has 0 fully saturated rings. The number of hydrogen-bond acceptors (Lipinski definition) is 6. The van der Waals surface area contributed by atoms with Gasteiger partial charge in [-0.1, -0.05) is 11.8 Å². The highest BCUT2D eigenvalue weighted by molar-refractivity contribution is 8.00. The second kappa shape index (κ2) is 8.78. The SMILES string of the molecule is COc1ccc(OC)c(NC(=O)CSc2nc3c(cc2C#N)CCCC3)c1. The fourth-order valence-electron chi connectivity index (χ4n) is 3.04. The van der Waals surface area contributed by atoms with Crippen molar-refractivity contribution in [3.8, 4) is 17.6 Å². The number of nitrogens with one attached hydrogen (secondary N) is 1. The summed E-state index contributed by atoms with van der Waals surface area (Å²) < 4.78 is 10.5. The number of benzene rings is 1. The van der Waals surface area contributed by atoms with E-state index in [9.17, 15) is 10.1 Å². The molecule has 140 valence electrons. The molecule has 1 aliphatic carbocycles. The van der Waals surface area contributed by atoms with Gasteiger partial charge < -0.3 is 14.8 Å². The summed E-state index contributed by atoms with van der Waals surface area (Å²) in [7, 11) is 3.11. The smallest absolute Gasteiger partial charge is 0.234 e. The maximum absolute atomic E-state index is 12.4. The second-order valence-corrected chi connectivity index (χ2v) is 7.13. The third-order valence-electron chi connectivity index (χ3n) is 4.41. The zero-order valence-electron chi connectivity index (χ0n) is 15.4. The highest BCUT2D eigenvalue weighted by Crippen LogP contribution is 2.30. The van der Waals surface area contributed by atoms with Crippen LogP contribution in [-0.4, -0.2) is 30.9 Å². The minimum absolute atomic E-state index is 0.154. The number of amides is 1.